The van der Waals surface area contributed by atoms with Gasteiger partial charge in [0.25, 0.3) is 0 Å². The minimum atomic E-state index is 0.264. The number of hydrogen-bond donors (Lipinski definition) is 2. The second kappa shape index (κ2) is 5.78. The van der Waals surface area contributed by atoms with E-state index >= 15 is 0 Å². The van der Waals surface area contributed by atoms with Crippen LogP contribution in [0.2, 0.25) is 0 Å². The van der Waals surface area contributed by atoms with Crippen molar-refractivity contribution in [1.29, 1.82) is 0 Å². The molecule has 0 aliphatic rings. The van der Waals surface area contributed by atoms with E-state index in [1.165, 1.54) is 16.7 Å². The molecule has 0 amide bonds. The predicted octanol–water partition coefficient (Wildman–Crippen LogP) is 1.78. The molecular weight excluding hydrogens is 174 g/mol. The van der Waals surface area contributed by atoms with E-state index in [2.05, 4.69) is 37.4 Å². The third-order valence-electron chi connectivity index (χ3n) is 2.46. The number of rotatable bonds is 5. The Balaban J connectivity index is 2.49. The van der Waals surface area contributed by atoms with Gasteiger partial charge < -0.3 is 10.4 Å². The maximum absolute atomic E-state index is 8.63. The molecule has 0 atom stereocenters. The van der Waals surface area contributed by atoms with Crippen LogP contribution in [-0.2, 0) is 6.54 Å². The minimum absolute atomic E-state index is 0.264. The molecule has 0 aliphatic heterocycles. The van der Waals surface area contributed by atoms with Gasteiger partial charge in [-0.1, -0.05) is 18.2 Å². The van der Waals surface area contributed by atoms with Gasteiger partial charge >= 0.3 is 0 Å². The molecule has 0 fully saturated rings. The average Bonchev–Trinajstić information content (AvgIpc) is 2.16. The first-order chi connectivity index (χ1) is 6.75. The van der Waals surface area contributed by atoms with Crippen molar-refractivity contribution in [2.45, 2.75) is 26.8 Å². The van der Waals surface area contributed by atoms with Crippen molar-refractivity contribution in [3.8, 4) is 0 Å². The summed E-state index contributed by atoms with van der Waals surface area (Å²) in [6.07, 6.45) is 0.824. The first-order valence-electron chi connectivity index (χ1n) is 5.12. The van der Waals surface area contributed by atoms with E-state index in [0.717, 1.165) is 19.5 Å². The van der Waals surface area contributed by atoms with Gasteiger partial charge in [0.05, 0.1) is 0 Å². The van der Waals surface area contributed by atoms with Crippen molar-refractivity contribution in [2.75, 3.05) is 13.2 Å². The Morgan fingerprint density at radius 3 is 2.43 bits per heavy atom. The Labute approximate surface area is 86.0 Å². The highest BCUT2D eigenvalue weighted by molar-refractivity contribution is 5.33. The molecule has 2 N–H and O–H groups in total. The molecule has 2 heteroatoms. The van der Waals surface area contributed by atoms with Crippen molar-refractivity contribution >= 4 is 0 Å². The zero-order chi connectivity index (χ0) is 10.4. The van der Waals surface area contributed by atoms with E-state index in [1.807, 2.05) is 0 Å². The van der Waals surface area contributed by atoms with Crippen LogP contribution in [0.5, 0.6) is 0 Å². The molecule has 0 aromatic heterocycles. The minimum Gasteiger partial charge on any atom is -0.396 e. The lowest BCUT2D eigenvalue weighted by Crippen LogP contribution is -2.17. The van der Waals surface area contributed by atoms with Gasteiger partial charge in [0.15, 0.2) is 0 Å². The van der Waals surface area contributed by atoms with Gasteiger partial charge in [-0.15, -0.1) is 0 Å². The Kier molecular flexibility index (Phi) is 4.63. The maximum atomic E-state index is 8.63. The molecular formula is C12H19NO. The van der Waals surface area contributed by atoms with Gasteiger partial charge in [-0.3, -0.25) is 0 Å². The van der Waals surface area contributed by atoms with E-state index in [-0.39, 0.29) is 6.61 Å². The molecule has 1 aromatic carbocycles. The molecule has 14 heavy (non-hydrogen) atoms. The molecule has 2 nitrogen and oxygen atoms in total. The Bertz CT molecular complexity index is 263. The van der Waals surface area contributed by atoms with Crippen LogP contribution in [0.15, 0.2) is 18.2 Å². The van der Waals surface area contributed by atoms with E-state index in [0.29, 0.717) is 0 Å². The molecule has 0 bridgehead atoms. The van der Waals surface area contributed by atoms with Crippen LogP contribution in [0.25, 0.3) is 0 Å². The normalized spacial score (nSPS) is 10.5. The molecule has 0 saturated heterocycles. The van der Waals surface area contributed by atoms with Gasteiger partial charge in [-0.25, -0.2) is 0 Å². The number of aryl methyl sites for hydroxylation is 2. The highest BCUT2D eigenvalue weighted by atomic mass is 16.3. The molecule has 1 aromatic rings. The Morgan fingerprint density at radius 2 is 1.86 bits per heavy atom. The van der Waals surface area contributed by atoms with E-state index < -0.39 is 0 Å². The van der Waals surface area contributed by atoms with Gasteiger partial charge in [0.2, 0.25) is 0 Å². The highest BCUT2D eigenvalue weighted by Crippen LogP contribution is 2.12. The lowest BCUT2D eigenvalue weighted by molar-refractivity contribution is 0.286. The fourth-order valence-electron chi connectivity index (χ4n) is 1.55. The second-order valence-corrected chi connectivity index (χ2v) is 3.62. The average molecular weight is 193 g/mol. The smallest absolute Gasteiger partial charge is 0.0443 e. The van der Waals surface area contributed by atoms with Crippen LogP contribution in [0.3, 0.4) is 0 Å². The zero-order valence-electron chi connectivity index (χ0n) is 9.01. The largest absolute Gasteiger partial charge is 0.396 e. The summed E-state index contributed by atoms with van der Waals surface area (Å²) in [6, 6.07) is 6.36. The standard InChI is InChI=1S/C12H19NO/c1-10-5-3-6-11(2)12(10)9-13-7-4-8-14/h3,5-6,13-14H,4,7-9H2,1-2H3. The summed E-state index contributed by atoms with van der Waals surface area (Å²) < 4.78 is 0. The lowest BCUT2D eigenvalue weighted by Gasteiger charge is -2.10. The fraction of sp³-hybridized carbons (Fsp3) is 0.500. The Hall–Kier alpha value is -0.860. The number of nitrogens with one attached hydrogen (secondary N) is 1. The molecule has 0 spiro atoms. The third-order valence-corrected chi connectivity index (χ3v) is 2.46. The summed E-state index contributed by atoms with van der Waals surface area (Å²) in [5, 5.41) is 12.0. The summed E-state index contributed by atoms with van der Waals surface area (Å²) in [5.74, 6) is 0. The van der Waals surface area contributed by atoms with Gasteiger partial charge in [0.1, 0.15) is 0 Å². The van der Waals surface area contributed by atoms with Crippen molar-refractivity contribution in [1.82, 2.24) is 5.32 Å². The summed E-state index contributed by atoms with van der Waals surface area (Å²) in [5.41, 5.74) is 4.05. The van der Waals surface area contributed by atoms with Crippen LogP contribution < -0.4 is 5.32 Å². The van der Waals surface area contributed by atoms with E-state index in [4.69, 9.17) is 5.11 Å². The highest BCUT2D eigenvalue weighted by Gasteiger charge is 2.00. The number of hydrogen-bond acceptors (Lipinski definition) is 2. The first-order valence-corrected chi connectivity index (χ1v) is 5.12. The van der Waals surface area contributed by atoms with Crippen LogP contribution >= 0.6 is 0 Å². The van der Waals surface area contributed by atoms with Crippen molar-refractivity contribution in [3.05, 3.63) is 34.9 Å². The molecule has 0 saturated carbocycles. The maximum Gasteiger partial charge on any atom is 0.0443 e. The van der Waals surface area contributed by atoms with Crippen molar-refractivity contribution in [2.24, 2.45) is 0 Å². The monoisotopic (exact) mass is 193 g/mol. The molecule has 0 radical (unpaired) electrons. The first kappa shape index (κ1) is 11.2. The SMILES string of the molecule is Cc1cccc(C)c1CNCCCO. The molecule has 78 valence electrons. The predicted molar refractivity (Wildman–Crippen MR) is 59.3 cm³/mol. The van der Waals surface area contributed by atoms with E-state index in [9.17, 15) is 0 Å². The zero-order valence-corrected chi connectivity index (χ0v) is 9.01. The number of aliphatic hydroxyl groups excluding tert-OH is 1. The van der Waals surface area contributed by atoms with Gasteiger partial charge in [-0.2, -0.15) is 0 Å². The van der Waals surface area contributed by atoms with Crippen molar-refractivity contribution < 1.29 is 5.11 Å². The second-order valence-electron chi connectivity index (χ2n) is 3.62. The number of benzene rings is 1. The summed E-state index contributed by atoms with van der Waals surface area (Å²) in [6.45, 7) is 6.31. The van der Waals surface area contributed by atoms with Crippen LogP contribution in [-0.4, -0.2) is 18.3 Å². The molecule has 0 unspecified atom stereocenters. The van der Waals surface area contributed by atoms with Crippen LogP contribution in [0.1, 0.15) is 23.1 Å². The van der Waals surface area contributed by atoms with Gasteiger partial charge in [-0.05, 0) is 43.5 Å². The fourth-order valence-corrected chi connectivity index (χ4v) is 1.55. The molecule has 0 heterocycles. The third kappa shape index (κ3) is 3.13. The quantitative estimate of drug-likeness (QED) is 0.699. The van der Waals surface area contributed by atoms with Crippen molar-refractivity contribution in [3.63, 3.8) is 0 Å². The Morgan fingerprint density at radius 1 is 1.21 bits per heavy atom. The lowest BCUT2D eigenvalue weighted by atomic mass is 10.0. The van der Waals surface area contributed by atoms with Crippen LogP contribution in [0, 0.1) is 13.8 Å². The topological polar surface area (TPSA) is 32.3 Å². The summed E-state index contributed by atoms with van der Waals surface area (Å²) in [7, 11) is 0. The van der Waals surface area contributed by atoms with Crippen LogP contribution in [0.4, 0.5) is 0 Å². The summed E-state index contributed by atoms with van der Waals surface area (Å²) >= 11 is 0. The number of aliphatic hydroxyl groups is 1. The molecule has 1 rings (SSSR count). The van der Waals surface area contributed by atoms with Gasteiger partial charge in [0, 0.05) is 13.2 Å². The van der Waals surface area contributed by atoms with E-state index in [1.54, 1.807) is 0 Å². The summed E-state index contributed by atoms with van der Waals surface area (Å²) in [4.78, 5) is 0. The molecule has 0 aliphatic carbocycles.